The maximum atomic E-state index is 13.8. The molecule has 1 aliphatic rings. The number of carbonyl (C=O) groups excluding carboxylic acids is 3. The van der Waals surface area contributed by atoms with E-state index in [1.54, 1.807) is 10.8 Å². The van der Waals surface area contributed by atoms with Crippen LogP contribution in [0.4, 0.5) is 5.69 Å². The molecule has 0 radical (unpaired) electrons. The number of hydrogen-bond acceptors (Lipinski definition) is 7. The Morgan fingerprint density at radius 3 is 2.24 bits per heavy atom. The topological polar surface area (TPSA) is 144 Å². The average Bonchev–Trinajstić information content (AvgIpc) is 3.45. The molecule has 1 aromatic heterocycles. The second-order valence-electron chi connectivity index (χ2n) is 12.0. The lowest BCUT2D eigenvalue weighted by Gasteiger charge is -2.41. The molecule has 46 heavy (non-hydrogen) atoms. The van der Waals surface area contributed by atoms with Crippen LogP contribution in [0.5, 0.6) is 0 Å². The minimum atomic E-state index is -1.14. The van der Waals surface area contributed by atoms with Gasteiger partial charge in [0.05, 0.1) is 24.5 Å². The van der Waals surface area contributed by atoms with Gasteiger partial charge < -0.3 is 25.8 Å². The lowest BCUT2D eigenvalue weighted by Crippen LogP contribution is -2.61. The molecule has 0 bridgehead atoms. The third-order valence-electron chi connectivity index (χ3n) is 9.14. The van der Waals surface area contributed by atoms with E-state index in [4.69, 9.17) is 10.5 Å². The standard InChI is InChI=1S/C36H40N4O6/c1-23(25-10-5-4-6-11-25)32(41)38-36(35(45)46-3)16-18-39(19-17-36)28-13-9-12-26(20-28)24(2)33(42)40-22-27(21-30(37)34(43)44)29-14-7-8-15-31(29)40/h4-15,20,22-24,30H,16-19,21,37H2,1-3H3,(H,38,41)(H,43,44). The number of esters is 1. The lowest BCUT2D eigenvalue weighted by molar-refractivity contribution is -0.152. The van der Waals surface area contributed by atoms with Gasteiger partial charge in [-0.2, -0.15) is 0 Å². The number of anilines is 1. The van der Waals surface area contributed by atoms with E-state index in [1.807, 2.05) is 92.7 Å². The van der Waals surface area contributed by atoms with Crippen LogP contribution < -0.4 is 16.0 Å². The zero-order valence-electron chi connectivity index (χ0n) is 26.3. The van der Waals surface area contributed by atoms with Crippen molar-refractivity contribution >= 4 is 40.3 Å². The van der Waals surface area contributed by atoms with Crippen molar-refractivity contribution in [2.75, 3.05) is 25.1 Å². The molecule has 3 atom stereocenters. The van der Waals surface area contributed by atoms with Gasteiger partial charge in [-0.3, -0.25) is 19.0 Å². The summed E-state index contributed by atoms with van der Waals surface area (Å²) in [5, 5.41) is 13.1. The molecule has 1 saturated heterocycles. The Labute approximate surface area is 268 Å². The summed E-state index contributed by atoms with van der Waals surface area (Å²) >= 11 is 0. The number of carboxylic acid groups (broad SMARTS) is 1. The van der Waals surface area contributed by atoms with Crippen LogP contribution in [0.1, 0.15) is 60.0 Å². The quantitative estimate of drug-likeness (QED) is 0.219. The second kappa shape index (κ2) is 13.6. The Morgan fingerprint density at radius 2 is 1.57 bits per heavy atom. The molecule has 1 aliphatic heterocycles. The molecule has 240 valence electrons. The average molecular weight is 625 g/mol. The van der Waals surface area contributed by atoms with E-state index >= 15 is 0 Å². The van der Waals surface area contributed by atoms with Crippen LogP contribution in [-0.4, -0.2) is 65.2 Å². The maximum absolute atomic E-state index is 13.8. The molecule has 1 fully saturated rings. The first kappa shape index (κ1) is 32.4. The summed E-state index contributed by atoms with van der Waals surface area (Å²) in [4.78, 5) is 53.7. The van der Waals surface area contributed by atoms with Crippen molar-refractivity contribution in [3.63, 3.8) is 0 Å². The molecule has 0 aliphatic carbocycles. The molecule has 0 spiro atoms. The third kappa shape index (κ3) is 6.53. The summed E-state index contributed by atoms with van der Waals surface area (Å²) in [6.07, 6.45) is 2.53. The molecule has 4 aromatic rings. The first-order valence-corrected chi connectivity index (χ1v) is 15.5. The first-order valence-electron chi connectivity index (χ1n) is 15.5. The van der Waals surface area contributed by atoms with Crippen LogP contribution in [0.15, 0.2) is 85.1 Å². The van der Waals surface area contributed by atoms with Crippen molar-refractivity contribution in [1.29, 1.82) is 0 Å². The van der Waals surface area contributed by atoms with Gasteiger partial charge in [-0.1, -0.05) is 60.7 Å². The normalized spacial score (nSPS) is 16.3. The van der Waals surface area contributed by atoms with Crippen molar-refractivity contribution < 1.29 is 29.0 Å². The van der Waals surface area contributed by atoms with Crippen molar-refractivity contribution in [3.05, 3.63) is 102 Å². The van der Waals surface area contributed by atoms with Crippen molar-refractivity contribution in [2.24, 2.45) is 5.73 Å². The predicted octanol–water partition coefficient (Wildman–Crippen LogP) is 4.47. The number of carbonyl (C=O) groups is 4. The summed E-state index contributed by atoms with van der Waals surface area (Å²) in [6, 6.07) is 23.5. The summed E-state index contributed by atoms with van der Waals surface area (Å²) in [6.45, 7) is 4.66. The highest BCUT2D eigenvalue weighted by molar-refractivity contribution is 5.97. The highest BCUT2D eigenvalue weighted by Gasteiger charge is 2.44. The third-order valence-corrected chi connectivity index (χ3v) is 9.14. The number of nitrogens with one attached hydrogen (secondary N) is 1. The van der Waals surface area contributed by atoms with Crippen LogP contribution in [0.25, 0.3) is 10.9 Å². The van der Waals surface area contributed by atoms with E-state index in [0.717, 1.165) is 22.2 Å². The number of piperidine rings is 1. The minimum absolute atomic E-state index is 0.105. The Bertz CT molecular complexity index is 1740. The number of nitrogens with two attached hydrogens (primary N) is 1. The predicted molar refractivity (Wildman–Crippen MR) is 176 cm³/mol. The van der Waals surface area contributed by atoms with E-state index in [-0.39, 0.29) is 18.2 Å². The van der Waals surface area contributed by atoms with E-state index in [9.17, 15) is 24.3 Å². The number of ether oxygens (including phenoxy) is 1. The fraction of sp³-hybridized carbons (Fsp3) is 0.333. The Kier molecular flexibility index (Phi) is 9.57. The van der Waals surface area contributed by atoms with Gasteiger partial charge in [-0.15, -0.1) is 0 Å². The maximum Gasteiger partial charge on any atom is 0.331 e. The first-order chi connectivity index (χ1) is 22.0. The Balaban J connectivity index is 1.32. The SMILES string of the molecule is COC(=O)C1(NC(=O)C(C)c2ccccc2)CCN(c2cccc(C(C)C(=O)n3cc(CC(N)C(=O)O)c4ccccc43)c2)CC1. The summed E-state index contributed by atoms with van der Waals surface area (Å²) < 4.78 is 6.74. The van der Waals surface area contributed by atoms with Gasteiger partial charge >= 0.3 is 11.9 Å². The molecular weight excluding hydrogens is 584 g/mol. The van der Waals surface area contributed by atoms with Gasteiger partial charge in [0.2, 0.25) is 11.8 Å². The van der Waals surface area contributed by atoms with Crippen molar-refractivity contribution in [3.8, 4) is 0 Å². The number of rotatable bonds is 10. The number of aromatic nitrogens is 1. The molecule has 3 unspecified atom stereocenters. The summed E-state index contributed by atoms with van der Waals surface area (Å²) in [5.74, 6) is -2.88. The second-order valence-corrected chi connectivity index (χ2v) is 12.0. The lowest BCUT2D eigenvalue weighted by atomic mass is 9.85. The molecule has 2 heterocycles. The number of carboxylic acids is 1. The largest absolute Gasteiger partial charge is 0.480 e. The highest BCUT2D eigenvalue weighted by atomic mass is 16.5. The van der Waals surface area contributed by atoms with Gasteiger partial charge in [-0.05, 0) is 61.6 Å². The van der Waals surface area contributed by atoms with E-state index in [0.29, 0.717) is 37.0 Å². The van der Waals surface area contributed by atoms with Gasteiger partial charge in [0.25, 0.3) is 0 Å². The van der Waals surface area contributed by atoms with E-state index in [1.165, 1.54) is 7.11 Å². The molecular formula is C36H40N4O6. The molecule has 10 nitrogen and oxygen atoms in total. The van der Waals surface area contributed by atoms with Crippen LogP contribution in [0.3, 0.4) is 0 Å². The zero-order chi connectivity index (χ0) is 33.0. The van der Waals surface area contributed by atoms with Gasteiger partial charge in [0, 0.05) is 36.8 Å². The monoisotopic (exact) mass is 624 g/mol. The molecule has 4 N–H and O–H groups in total. The van der Waals surface area contributed by atoms with Crippen LogP contribution in [-0.2, 0) is 25.5 Å². The van der Waals surface area contributed by atoms with Gasteiger partial charge in [0.1, 0.15) is 11.6 Å². The van der Waals surface area contributed by atoms with Gasteiger partial charge in [-0.25, -0.2) is 4.79 Å². The fourth-order valence-corrected chi connectivity index (χ4v) is 6.22. The number of hydrogen-bond donors (Lipinski definition) is 3. The molecule has 10 heteroatoms. The van der Waals surface area contributed by atoms with Crippen LogP contribution in [0.2, 0.25) is 0 Å². The Morgan fingerprint density at radius 1 is 0.913 bits per heavy atom. The number of aliphatic carboxylic acids is 1. The van der Waals surface area contributed by atoms with Crippen LogP contribution in [0, 0.1) is 0 Å². The molecule has 1 amide bonds. The Hall–Kier alpha value is -4.96. The molecule has 5 rings (SSSR count). The van der Waals surface area contributed by atoms with E-state index in [2.05, 4.69) is 10.2 Å². The summed E-state index contributed by atoms with van der Waals surface area (Å²) in [5.41, 5.74) is 8.67. The number of fused-ring (bicyclic) bond motifs is 1. The fourth-order valence-electron chi connectivity index (χ4n) is 6.22. The number of methoxy groups -OCH3 is 1. The number of nitrogens with zero attached hydrogens (tertiary/aromatic N) is 2. The van der Waals surface area contributed by atoms with E-state index < -0.39 is 35.4 Å². The zero-order valence-corrected chi connectivity index (χ0v) is 26.3. The highest BCUT2D eigenvalue weighted by Crippen LogP contribution is 2.32. The van der Waals surface area contributed by atoms with Crippen LogP contribution >= 0.6 is 0 Å². The molecule has 0 saturated carbocycles. The minimum Gasteiger partial charge on any atom is -0.480 e. The van der Waals surface area contributed by atoms with Crippen molar-refractivity contribution in [1.82, 2.24) is 9.88 Å². The number of amides is 1. The summed E-state index contributed by atoms with van der Waals surface area (Å²) in [7, 11) is 1.34. The smallest absolute Gasteiger partial charge is 0.331 e. The van der Waals surface area contributed by atoms with Crippen molar-refractivity contribution in [2.45, 2.75) is 56.5 Å². The molecule has 3 aromatic carbocycles. The van der Waals surface area contributed by atoms with Gasteiger partial charge in [0.15, 0.2) is 0 Å². The number of para-hydroxylation sites is 1. The number of benzene rings is 3.